The van der Waals surface area contributed by atoms with E-state index in [1.165, 1.54) is 69.8 Å². The highest BCUT2D eigenvalue weighted by atomic mass is 16.5. The Kier molecular flexibility index (Phi) is 12.2. The molecule has 3 heteroatoms. The molecule has 0 aliphatic carbocycles. The highest BCUT2D eigenvalue weighted by molar-refractivity contribution is 5.55. The minimum atomic E-state index is 0.790. The van der Waals surface area contributed by atoms with E-state index in [-0.39, 0.29) is 0 Å². The van der Waals surface area contributed by atoms with E-state index < -0.39 is 0 Å². The molecule has 2 aromatic rings. The molecule has 0 N–H and O–H groups in total. The number of aryl methyl sites for hydroxylation is 1. The summed E-state index contributed by atoms with van der Waals surface area (Å²) in [6.45, 7) is 7.64. The Bertz CT molecular complexity index is 666. The molecule has 30 heavy (non-hydrogen) atoms. The average Bonchev–Trinajstić information content (AvgIpc) is 2.79. The first-order chi connectivity index (χ1) is 14.7. The van der Waals surface area contributed by atoms with Crippen LogP contribution in [0.15, 0.2) is 36.7 Å². The SMILES string of the molecule is CCCCCCCCCc1cnc(-c2ccc(OCCCCC(C)CC)cc2)nc1. The van der Waals surface area contributed by atoms with Crippen LogP contribution in [-0.2, 0) is 6.42 Å². The zero-order valence-corrected chi connectivity index (χ0v) is 19.5. The minimum absolute atomic E-state index is 0.790. The van der Waals surface area contributed by atoms with E-state index in [0.29, 0.717) is 0 Å². The van der Waals surface area contributed by atoms with Crippen LogP contribution in [0.1, 0.15) is 97.0 Å². The van der Waals surface area contributed by atoms with Gasteiger partial charge >= 0.3 is 0 Å². The van der Waals surface area contributed by atoms with Crippen LogP contribution in [0.3, 0.4) is 0 Å². The van der Waals surface area contributed by atoms with Crippen molar-refractivity contribution < 1.29 is 4.74 Å². The zero-order chi connectivity index (χ0) is 21.4. The van der Waals surface area contributed by atoms with Crippen LogP contribution in [0.25, 0.3) is 11.4 Å². The Morgan fingerprint density at radius 3 is 2.13 bits per heavy atom. The first-order valence-electron chi connectivity index (χ1n) is 12.3. The number of benzene rings is 1. The molecule has 2 rings (SSSR count). The predicted octanol–water partition coefficient (Wildman–Crippen LogP) is 8.03. The Morgan fingerprint density at radius 2 is 1.47 bits per heavy atom. The van der Waals surface area contributed by atoms with Crippen LogP contribution in [0.4, 0.5) is 0 Å². The van der Waals surface area contributed by atoms with Gasteiger partial charge in [0.15, 0.2) is 5.82 Å². The predicted molar refractivity (Wildman–Crippen MR) is 128 cm³/mol. The molecule has 1 aromatic carbocycles. The molecule has 166 valence electrons. The van der Waals surface area contributed by atoms with Crippen LogP contribution in [0.2, 0.25) is 0 Å². The standard InChI is InChI=1S/C27H42N2O/c1-4-6-7-8-9-10-11-15-24-21-28-27(29-22-24)25-16-18-26(19-17-25)30-20-13-12-14-23(3)5-2/h16-19,21-23H,4-15,20H2,1-3H3. The molecule has 0 fully saturated rings. The monoisotopic (exact) mass is 410 g/mol. The van der Waals surface area contributed by atoms with Gasteiger partial charge in [0, 0.05) is 18.0 Å². The van der Waals surface area contributed by atoms with Crippen molar-refractivity contribution in [3.05, 3.63) is 42.2 Å². The maximum Gasteiger partial charge on any atom is 0.159 e. The summed E-state index contributed by atoms with van der Waals surface area (Å²) in [6.07, 6.45) is 19.3. The van der Waals surface area contributed by atoms with Crippen LogP contribution in [0, 0.1) is 5.92 Å². The molecule has 3 nitrogen and oxygen atoms in total. The lowest BCUT2D eigenvalue weighted by Crippen LogP contribution is -1.99. The Labute approximate surface area is 184 Å². The van der Waals surface area contributed by atoms with Crippen molar-refractivity contribution in [2.45, 2.75) is 97.8 Å². The van der Waals surface area contributed by atoms with Gasteiger partial charge in [0.1, 0.15) is 5.75 Å². The molecule has 0 aliphatic heterocycles. The van der Waals surface area contributed by atoms with Crippen LogP contribution < -0.4 is 4.74 Å². The smallest absolute Gasteiger partial charge is 0.159 e. The summed E-state index contributed by atoms with van der Waals surface area (Å²) >= 11 is 0. The Balaban J connectivity index is 1.68. The van der Waals surface area contributed by atoms with E-state index in [4.69, 9.17) is 4.74 Å². The number of unbranched alkanes of at least 4 members (excludes halogenated alkanes) is 7. The summed E-state index contributed by atoms with van der Waals surface area (Å²) in [6, 6.07) is 8.17. The largest absolute Gasteiger partial charge is 0.494 e. The molecule has 1 aromatic heterocycles. The van der Waals surface area contributed by atoms with E-state index in [9.17, 15) is 0 Å². The third-order valence-electron chi connectivity index (χ3n) is 5.94. The maximum atomic E-state index is 5.88. The van der Waals surface area contributed by atoms with Gasteiger partial charge in [-0.3, -0.25) is 0 Å². The molecule has 1 heterocycles. The maximum absolute atomic E-state index is 5.88. The summed E-state index contributed by atoms with van der Waals surface area (Å²) < 4.78 is 5.88. The summed E-state index contributed by atoms with van der Waals surface area (Å²) in [7, 11) is 0. The highest BCUT2D eigenvalue weighted by Gasteiger charge is 2.04. The first-order valence-corrected chi connectivity index (χ1v) is 12.3. The van der Waals surface area contributed by atoms with E-state index in [0.717, 1.165) is 42.5 Å². The quantitative estimate of drug-likeness (QED) is 0.263. The van der Waals surface area contributed by atoms with Gasteiger partial charge in [-0.1, -0.05) is 72.1 Å². The molecule has 1 atom stereocenters. The lowest BCUT2D eigenvalue weighted by Gasteiger charge is -2.09. The Hall–Kier alpha value is -1.90. The van der Waals surface area contributed by atoms with Gasteiger partial charge in [-0.15, -0.1) is 0 Å². The van der Waals surface area contributed by atoms with Gasteiger partial charge in [0.25, 0.3) is 0 Å². The number of rotatable bonds is 16. The lowest BCUT2D eigenvalue weighted by molar-refractivity contribution is 0.300. The summed E-state index contributed by atoms with van der Waals surface area (Å²) in [5.74, 6) is 2.54. The van der Waals surface area contributed by atoms with Crippen molar-refractivity contribution in [3.63, 3.8) is 0 Å². The van der Waals surface area contributed by atoms with Crippen LogP contribution in [-0.4, -0.2) is 16.6 Å². The molecular weight excluding hydrogens is 368 g/mol. The van der Waals surface area contributed by atoms with Crippen molar-refractivity contribution in [2.75, 3.05) is 6.61 Å². The normalized spacial score (nSPS) is 12.1. The van der Waals surface area contributed by atoms with Crippen molar-refractivity contribution in [3.8, 4) is 17.1 Å². The third-order valence-corrected chi connectivity index (χ3v) is 5.94. The van der Waals surface area contributed by atoms with E-state index in [2.05, 4.69) is 42.9 Å². The third kappa shape index (κ3) is 9.73. The molecule has 1 unspecified atom stereocenters. The van der Waals surface area contributed by atoms with Gasteiger partial charge in [0.05, 0.1) is 6.61 Å². The second-order valence-electron chi connectivity index (χ2n) is 8.67. The molecule has 0 radical (unpaired) electrons. The van der Waals surface area contributed by atoms with Gasteiger partial charge in [-0.2, -0.15) is 0 Å². The molecular formula is C27H42N2O. The molecule has 0 amide bonds. The van der Waals surface area contributed by atoms with E-state index >= 15 is 0 Å². The molecule has 0 spiro atoms. The first kappa shape index (κ1) is 24.4. The number of aromatic nitrogens is 2. The van der Waals surface area contributed by atoms with Gasteiger partial charge < -0.3 is 4.74 Å². The number of hydrogen-bond acceptors (Lipinski definition) is 3. The second-order valence-corrected chi connectivity index (χ2v) is 8.67. The van der Waals surface area contributed by atoms with Gasteiger partial charge in [-0.05, 0) is 61.4 Å². The van der Waals surface area contributed by atoms with Crippen molar-refractivity contribution in [1.82, 2.24) is 9.97 Å². The molecule has 0 bridgehead atoms. The van der Waals surface area contributed by atoms with Crippen molar-refractivity contribution >= 4 is 0 Å². The fraction of sp³-hybridized carbons (Fsp3) is 0.630. The van der Waals surface area contributed by atoms with E-state index in [1.54, 1.807) is 0 Å². The van der Waals surface area contributed by atoms with E-state index in [1.807, 2.05) is 24.5 Å². The molecule has 0 saturated carbocycles. The lowest BCUT2D eigenvalue weighted by atomic mass is 10.0. The number of nitrogens with zero attached hydrogens (tertiary/aromatic N) is 2. The van der Waals surface area contributed by atoms with Gasteiger partial charge in [0.2, 0.25) is 0 Å². The fourth-order valence-electron chi connectivity index (χ4n) is 3.61. The summed E-state index contributed by atoms with van der Waals surface area (Å²) in [5.41, 5.74) is 2.28. The van der Waals surface area contributed by atoms with Crippen LogP contribution >= 0.6 is 0 Å². The van der Waals surface area contributed by atoms with Crippen molar-refractivity contribution in [1.29, 1.82) is 0 Å². The van der Waals surface area contributed by atoms with Crippen LogP contribution in [0.5, 0.6) is 5.75 Å². The Morgan fingerprint density at radius 1 is 0.800 bits per heavy atom. The summed E-state index contributed by atoms with van der Waals surface area (Å²) in [4.78, 5) is 9.15. The highest BCUT2D eigenvalue weighted by Crippen LogP contribution is 2.20. The van der Waals surface area contributed by atoms with Crippen molar-refractivity contribution in [2.24, 2.45) is 5.92 Å². The average molecular weight is 411 g/mol. The molecule has 0 aliphatic rings. The number of hydrogen-bond donors (Lipinski definition) is 0. The summed E-state index contributed by atoms with van der Waals surface area (Å²) in [5, 5.41) is 0. The van der Waals surface area contributed by atoms with Gasteiger partial charge in [-0.25, -0.2) is 9.97 Å². The topological polar surface area (TPSA) is 35.0 Å². The number of ether oxygens (including phenoxy) is 1. The minimum Gasteiger partial charge on any atom is -0.494 e. The fourth-order valence-corrected chi connectivity index (χ4v) is 3.61. The zero-order valence-electron chi connectivity index (χ0n) is 19.5. The molecule has 0 saturated heterocycles. The second kappa shape index (κ2) is 15.0.